The highest BCUT2D eigenvalue weighted by atomic mass is 35.5. The summed E-state index contributed by atoms with van der Waals surface area (Å²) in [7, 11) is 1.79. The average molecular weight is 362 g/mol. The molecule has 0 saturated carbocycles. The maximum Gasteiger partial charge on any atom is 0.221 e. The molecular weight excluding hydrogens is 346 g/mol. The van der Waals surface area contributed by atoms with E-state index in [1.807, 2.05) is 0 Å². The lowest BCUT2D eigenvalue weighted by Gasteiger charge is -2.11. The van der Waals surface area contributed by atoms with E-state index >= 15 is 0 Å². The number of amides is 1. The van der Waals surface area contributed by atoms with Crippen molar-refractivity contribution in [1.82, 2.24) is 10.6 Å². The Hall–Kier alpha value is -0.390. The van der Waals surface area contributed by atoms with Gasteiger partial charge in [-0.1, -0.05) is 34.8 Å². The third-order valence-corrected chi connectivity index (χ3v) is 3.02. The first-order valence-corrected chi connectivity index (χ1v) is 6.86. The smallest absolute Gasteiger partial charge is 0.221 e. The lowest BCUT2D eigenvalue weighted by atomic mass is 10.3. The summed E-state index contributed by atoms with van der Waals surface area (Å²) in [6, 6.07) is 3.10. The van der Waals surface area contributed by atoms with Gasteiger partial charge in [0.2, 0.25) is 5.91 Å². The van der Waals surface area contributed by atoms with Crippen molar-refractivity contribution in [2.45, 2.75) is 6.42 Å². The van der Waals surface area contributed by atoms with Crippen molar-refractivity contribution < 1.29 is 9.53 Å². The van der Waals surface area contributed by atoms with E-state index in [2.05, 4.69) is 10.6 Å². The molecule has 0 saturated heterocycles. The molecule has 0 radical (unpaired) electrons. The molecule has 0 aliphatic heterocycles. The van der Waals surface area contributed by atoms with Crippen molar-refractivity contribution >= 4 is 53.1 Å². The number of hydrogen-bond acceptors (Lipinski definition) is 3. The molecule has 1 aromatic carbocycles. The fourth-order valence-electron chi connectivity index (χ4n) is 1.34. The van der Waals surface area contributed by atoms with Crippen LogP contribution in [0.2, 0.25) is 15.1 Å². The predicted octanol–water partition coefficient (Wildman–Crippen LogP) is 3.17. The summed E-state index contributed by atoms with van der Waals surface area (Å²) in [5.74, 6) is 0.337. The maximum absolute atomic E-state index is 11.3. The number of carbonyl (C=O) groups excluding carboxylic acids is 1. The van der Waals surface area contributed by atoms with Crippen LogP contribution in [0.1, 0.15) is 6.42 Å². The van der Waals surface area contributed by atoms with E-state index < -0.39 is 0 Å². The number of benzene rings is 1. The molecule has 0 aliphatic rings. The number of rotatable bonds is 7. The summed E-state index contributed by atoms with van der Waals surface area (Å²) in [6.45, 7) is 1.31. The number of nitrogens with one attached hydrogen (secondary N) is 2. The fourth-order valence-corrected chi connectivity index (χ4v) is 2.26. The first kappa shape index (κ1) is 19.6. The van der Waals surface area contributed by atoms with E-state index in [0.717, 1.165) is 0 Å². The van der Waals surface area contributed by atoms with Crippen molar-refractivity contribution in [2.75, 3.05) is 26.7 Å². The van der Waals surface area contributed by atoms with Gasteiger partial charge in [0.15, 0.2) is 5.75 Å². The SMILES string of the molecule is CNCCC(=O)NCCOc1c(Cl)cc(Cl)cc1Cl.Cl. The lowest BCUT2D eigenvalue weighted by Crippen LogP contribution is -2.30. The van der Waals surface area contributed by atoms with Gasteiger partial charge in [0, 0.05) is 18.0 Å². The highest BCUT2D eigenvalue weighted by Crippen LogP contribution is 2.35. The Morgan fingerprint density at radius 1 is 1.20 bits per heavy atom. The monoisotopic (exact) mass is 360 g/mol. The van der Waals surface area contributed by atoms with Gasteiger partial charge in [0.1, 0.15) is 6.61 Å². The van der Waals surface area contributed by atoms with Crippen LogP contribution in [0.4, 0.5) is 0 Å². The highest BCUT2D eigenvalue weighted by Gasteiger charge is 2.09. The molecule has 0 unspecified atom stereocenters. The fraction of sp³-hybridized carbons (Fsp3) is 0.417. The topological polar surface area (TPSA) is 50.4 Å². The van der Waals surface area contributed by atoms with E-state index in [0.29, 0.717) is 40.3 Å². The molecule has 0 aliphatic carbocycles. The summed E-state index contributed by atoms with van der Waals surface area (Å²) in [5.41, 5.74) is 0. The minimum atomic E-state index is -0.0359. The number of ether oxygens (including phenoxy) is 1. The van der Waals surface area contributed by atoms with Gasteiger partial charge in [-0.25, -0.2) is 0 Å². The van der Waals surface area contributed by atoms with Crippen LogP contribution >= 0.6 is 47.2 Å². The molecule has 1 aromatic rings. The van der Waals surface area contributed by atoms with Gasteiger partial charge in [0.25, 0.3) is 0 Å². The van der Waals surface area contributed by atoms with Gasteiger partial charge < -0.3 is 15.4 Å². The van der Waals surface area contributed by atoms with E-state index in [9.17, 15) is 4.79 Å². The third kappa shape index (κ3) is 6.86. The summed E-state index contributed by atoms with van der Waals surface area (Å²) in [4.78, 5) is 11.3. The lowest BCUT2D eigenvalue weighted by molar-refractivity contribution is -0.121. The van der Waals surface area contributed by atoms with Gasteiger partial charge in [0.05, 0.1) is 16.6 Å². The Bertz CT molecular complexity index is 420. The average Bonchev–Trinajstić information content (AvgIpc) is 2.34. The Morgan fingerprint density at radius 2 is 1.80 bits per heavy atom. The van der Waals surface area contributed by atoms with Crippen LogP contribution in [0, 0.1) is 0 Å². The second-order valence-corrected chi connectivity index (χ2v) is 5.00. The summed E-state index contributed by atoms with van der Waals surface area (Å²) in [5, 5.41) is 6.76. The van der Waals surface area contributed by atoms with Gasteiger partial charge in [-0.3, -0.25) is 4.79 Å². The van der Waals surface area contributed by atoms with E-state index in [1.54, 1.807) is 19.2 Å². The molecule has 0 aromatic heterocycles. The van der Waals surface area contributed by atoms with Crippen LogP contribution in [-0.2, 0) is 4.79 Å². The van der Waals surface area contributed by atoms with Crippen molar-refractivity contribution in [3.05, 3.63) is 27.2 Å². The zero-order valence-corrected chi connectivity index (χ0v) is 13.9. The Morgan fingerprint density at radius 3 is 2.35 bits per heavy atom. The largest absolute Gasteiger partial charge is 0.489 e. The van der Waals surface area contributed by atoms with E-state index in [1.165, 1.54) is 0 Å². The number of carbonyl (C=O) groups is 1. The van der Waals surface area contributed by atoms with Crippen LogP contribution < -0.4 is 15.4 Å². The van der Waals surface area contributed by atoms with E-state index in [4.69, 9.17) is 39.5 Å². The summed E-state index contributed by atoms with van der Waals surface area (Å²) >= 11 is 17.7. The molecule has 2 N–H and O–H groups in total. The molecule has 0 bridgehead atoms. The maximum atomic E-state index is 11.3. The molecule has 1 rings (SSSR count). The molecule has 1 amide bonds. The minimum Gasteiger partial charge on any atom is -0.489 e. The number of halogens is 4. The molecule has 0 heterocycles. The molecule has 0 atom stereocenters. The first-order valence-electron chi connectivity index (χ1n) is 5.73. The Labute approximate surface area is 139 Å². The Balaban J connectivity index is 0.00000361. The molecule has 8 heteroatoms. The van der Waals surface area contributed by atoms with Crippen LogP contribution in [0.3, 0.4) is 0 Å². The first-order chi connectivity index (χ1) is 9.04. The van der Waals surface area contributed by atoms with Crippen molar-refractivity contribution in [3.8, 4) is 5.75 Å². The number of hydrogen-bond donors (Lipinski definition) is 2. The molecule has 114 valence electrons. The van der Waals surface area contributed by atoms with Crippen molar-refractivity contribution in [3.63, 3.8) is 0 Å². The standard InChI is InChI=1S/C12H15Cl3N2O2.ClH/c1-16-3-2-11(18)17-4-5-19-12-9(14)6-8(13)7-10(12)15;/h6-7,16H,2-5H2,1H3,(H,17,18);1H. The zero-order chi connectivity index (χ0) is 14.3. The van der Waals surface area contributed by atoms with Gasteiger partial charge in [-0.05, 0) is 19.2 Å². The molecule has 0 spiro atoms. The molecule has 20 heavy (non-hydrogen) atoms. The highest BCUT2D eigenvalue weighted by molar-refractivity contribution is 6.40. The quantitative estimate of drug-likeness (QED) is 0.733. The molecule has 4 nitrogen and oxygen atoms in total. The summed E-state index contributed by atoms with van der Waals surface area (Å²) in [6.07, 6.45) is 0.430. The van der Waals surface area contributed by atoms with Crippen molar-refractivity contribution in [1.29, 1.82) is 0 Å². The third-order valence-electron chi connectivity index (χ3n) is 2.24. The minimum absolute atomic E-state index is 0. The zero-order valence-electron chi connectivity index (χ0n) is 10.8. The van der Waals surface area contributed by atoms with Crippen LogP contribution in [-0.4, -0.2) is 32.7 Å². The van der Waals surface area contributed by atoms with Crippen LogP contribution in [0.15, 0.2) is 12.1 Å². The molecular formula is C12H16Cl4N2O2. The second-order valence-electron chi connectivity index (χ2n) is 3.75. The van der Waals surface area contributed by atoms with Crippen LogP contribution in [0.25, 0.3) is 0 Å². The second kappa shape index (κ2) is 10.4. The van der Waals surface area contributed by atoms with Gasteiger partial charge in [-0.2, -0.15) is 0 Å². The Kier molecular flexibility index (Phi) is 10.2. The normalized spacial score (nSPS) is 9.80. The van der Waals surface area contributed by atoms with Gasteiger partial charge >= 0.3 is 0 Å². The van der Waals surface area contributed by atoms with E-state index in [-0.39, 0.29) is 24.9 Å². The molecule has 0 fully saturated rings. The van der Waals surface area contributed by atoms with Crippen molar-refractivity contribution in [2.24, 2.45) is 0 Å². The summed E-state index contributed by atoms with van der Waals surface area (Å²) < 4.78 is 5.42. The van der Waals surface area contributed by atoms with Crippen LogP contribution in [0.5, 0.6) is 5.75 Å². The predicted molar refractivity (Wildman–Crippen MR) is 85.8 cm³/mol. The van der Waals surface area contributed by atoms with Gasteiger partial charge in [-0.15, -0.1) is 12.4 Å².